The zero-order chi connectivity index (χ0) is 25.7. The Hall–Kier alpha value is -3.12. The molecular weight excluding hydrogens is 466 g/mol. The van der Waals surface area contributed by atoms with Crippen LogP contribution in [0.4, 0.5) is 10.6 Å². The number of amides is 1. The molecule has 11 heteroatoms. The average molecular weight is 498 g/mol. The maximum Gasteiger partial charge on any atom is 0.413 e. The molecule has 4 heterocycles. The van der Waals surface area contributed by atoms with Crippen LogP contribution in [-0.2, 0) is 25.4 Å². The Kier molecular flexibility index (Phi) is 6.19. The van der Waals surface area contributed by atoms with Gasteiger partial charge < -0.3 is 24.1 Å². The molecule has 2 saturated heterocycles. The molecule has 2 N–H and O–H groups in total. The van der Waals surface area contributed by atoms with Gasteiger partial charge >= 0.3 is 6.09 Å². The van der Waals surface area contributed by atoms with Crippen LogP contribution in [0.15, 0.2) is 36.7 Å². The van der Waals surface area contributed by atoms with E-state index >= 15 is 0 Å². The summed E-state index contributed by atoms with van der Waals surface area (Å²) in [4.78, 5) is 26.4. The summed E-state index contributed by atoms with van der Waals surface area (Å²) in [6, 6.07) is 9.79. The fourth-order valence-electron chi connectivity index (χ4n) is 4.52. The molecule has 0 unspecified atom stereocenters. The van der Waals surface area contributed by atoms with E-state index in [9.17, 15) is 9.90 Å². The van der Waals surface area contributed by atoms with Crippen molar-refractivity contribution < 1.29 is 28.8 Å². The van der Waals surface area contributed by atoms with Gasteiger partial charge in [-0.1, -0.05) is 30.3 Å². The molecule has 0 spiro atoms. The van der Waals surface area contributed by atoms with Crippen molar-refractivity contribution >= 4 is 23.1 Å². The molecule has 0 radical (unpaired) electrons. The summed E-state index contributed by atoms with van der Waals surface area (Å²) in [7, 11) is 0. The van der Waals surface area contributed by atoms with E-state index in [0.717, 1.165) is 5.56 Å². The SMILES string of the molecule is CC(C)(C)OC(=O)Nc1nc(Cc2ccccc2)nc2c1ncn2[C@@H]1O[C@H](CO)[C@H]2OC(C)(C)O[C@H]21. The van der Waals surface area contributed by atoms with Crippen LogP contribution >= 0.6 is 0 Å². The number of hydrogen-bond donors (Lipinski definition) is 2. The minimum absolute atomic E-state index is 0.219. The van der Waals surface area contributed by atoms with Crippen molar-refractivity contribution in [2.24, 2.45) is 0 Å². The zero-order valence-corrected chi connectivity index (χ0v) is 21.0. The minimum atomic E-state index is -0.821. The molecule has 1 amide bonds. The summed E-state index contributed by atoms with van der Waals surface area (Å²) in [6.07, 6.45) is -0.774. The number of carbonyl (C=O) groups is 1. The lowest BCUT2D eigenvalue weighted by molar-refractivity contribution is -0.199. The third-order valence-electron chi connectivity index (χ3n) is 5.87. The van der Waals surface area contributed by atoms with Gasteiger partial charge in [-0.05, 0) is 40.2 Å². The number of carbonyl (C=O) groups excluding carboxylic acids is 1. The molecule has 4 atom stereocenters. The number of rotatable bonds is 5. The predicted molar refractivity (Wildman–Crippen MR) is 129 cm³/mol. The molecule has 1 aromatic carbocycles. The van der Waals surface area contributed by atoms with E-state index in [1.165, 1.54) is 0 Å². The zero-order valence-electron chi connectivity index (χ0n) is 21.0. The molecule has 5 rings (SSSR count). The first-order valence-electron chi connectivity index (χ1n) is 11.9. The third-order valence-corrected chi connectivity index (χ3v) is 5.87. The van der Waals surface area contributed by atoms with Crippen LogP contribution in [0.25, 0.3) is 11.2 Å². The van der Waals surface area contributed by atoms with Gasteiger partial charge in [0.25, 0.3) is 0 Å². The summed E-state index contributed by atoms with van der Waals surface area (Å²) >= 11 is 0. The quantitative estimate of drug-likeness (QED) is 0.546. The molecule has 0 saturated carbocycles. The highest BCUT2D eigenvalue weighted by atomic mass is 16.8. The van der Waals surface area contributed by atoms with E-state index in [2.05, 4.69) is 15.3 Å². The number of fused-ring (bicyclic) bond motifs is 2. The maximum absolute atomic E-state index is 12.6. The summed E-state index contributed by atoms with van der Waals surface area (Å²) < 4.78 is 25.4. The van der Waals surface area contributed by atoms with Crippen molar-refractivity contribution in [1.82, 2.24) is 19.5 Å². The van der Waals surface area contributed by atoms with Crippen molar-refractivity contribution in [2.45, 2.75) is 77.0 Å². The van der Waals surface area contributed by atoms with Gasteiger partial charge in [0.1, 0.15) is 29.7 Å². The summed E-state index contributed by atoms with van der Waals surface area (Å²) in [6.45, 7) is 8.79. The molecule has 3 aromatic rings. The Balaban J connectivity index is 1.55. The van der Waals surface area contributed by atoms with Crippen molar-refractivity contribution in [3.8, 4) is 0 Å². The highest BCUT2D eigenvalue weighted by Gasteiger charge is 2.56. The van der Waals surface area contributed by atoms with Gasteiger partial charge in [0.15, 0.2) is 29.0 Å². The van der Waals surface area contributed by atoms with Gasteiger partial charge in [-0.3, -0.25) is 9.88 Å². The number of aliphatic hydroxyl groups is 1. The maximum atomic E-state index is 12.6. The topological polar surface area (TPSA) is 130 Å². The molecule has 0 bridgehead atoms. The number of anilines is 1. The van der Waals surface area contributed by atoms with E-state index in [0.29, 0.717) is 23.4 Å². The molecule has 11 nitrogen and oxygen atoms in total. The number of hydrogen-bond acceptors (Lipinski definition) is 9. The number of benzene rings is 1. The van der Waals surface area contributed by atoms with Crippen LogP contribution < -0.4 is 5.32 Å². The van der Waals surface area contributed by atoms with Crippen LogP contribution in [0, 0.1) is 0 Å². The monoisotopic (exact) mass is 497 g/mol. The summed E-state index contributed by atoms with van der Waals surface area (Å²) in [5, 5.41) is 12.6. The van der Waals surface area contributed by atoms with E-state index in [4.69, 9.17) is 23.9 Å². The summed E-state index contributed by atoms with van der Waals surface area (Å²) in [5.74, 6) is -0.104. The lowest BCUT2D eigenvalue weighted by atomic mass is 10.1. The van der Waals surface area contributed by atoms with Gasteiger partial charge in [-0.25, -0.2) is 19.7 Å². The minimum Gasteiger partial charge on any atom is -0.444 e. The third kappa shape index (κ3) is 4.92. The van der Waals surface area contributed by atoms with Crippen LogP contribution in [0.3, 0.4) is 0 Å². The number of ether oxygens (including phenoxy) is 4. The molecule has 192 valence electrons. The standard InChI is InChI=1S/C25H31N5O6/c1-24(2,3)36-23(32)29-20-17-21(28-16(27-20)11-14-9-7-6-8-10-14)30(13-26-17)22-19-18(15(12-31)33-22)34-25(4,5)35-19/h6-10,13,15,18-19,22,31H,11-12H2,1-5H3,(H,27,28,29,32)/t15-,18-,19-,22-/m1/s1. The van der Waals surface area contributed by atoms with Gasteiger partial charge in [0, 0.05) is 6.42 Å². The Morgan fingerprint density at radius 1 is 1.17 bits per heavy atom. The predicted octanol–water partition coefficient (Wildman–Crippen LogP) is 3.17. The fourth-order valence-corrected chi connectivity index (χ4v) is 4.52. The Morgan fingerprint density at radius 2 is 1.89 bits per heavy atom. The van der Waals surface area contributed by atoms with Gasteiger partial charge in [-0.2, -0.15) is 0 Å². The molecule has 2 aliphatic rings. The van der Waals surface area contributed by atoms with E-state index in [1.54, 1.807) is 31.7 Å². The summed E-state index contributed by atoms with van der Waals surface area (Å²) in [5.41, 5.74) is 1.17. The first-order chi connectivity index (χ1) is 17.0. The second kappa shape index (κ2) is 9.07. The van der Waals surface area contributed by atoms with Crippen molar-refractivity contribution in [3.63, 3.8) is 0 Å². The average Bonchev–Trinajstić information content (AvgIpc) is 3.43. The number of aromatic nitrogens is 4. The second-order valence-corrected chi connectivity index (χ2v) is 10.4. The highest BCUT2D eigenvalue weighted by molar-refractivity contribution is 5.93. The first-order valence-corrected chi connectivity index (χ1v) is 11.9. The second-order valence-electron chi connectivity index (χ2n) is 10.4. The first kappa shape index (κ1) is 24.6. The van der Waals surface area contributed by atoms with Crippen LogP contribution in [0.2, 0.25) is 0 Å². The smallest absolute Gasteiger partial charge is 0.413 e. The number of imidazole rings is 1. The van der Waals surface area contributed by atoms with E-state index < -0.39 is 42.0 Å². The number of aliphatic hydroxyl groups excluding tert-OH is 1. The molecular formula is C25H31N5O6. The van der Waals surface area contributed by atoms with Crippen molar-refractivity contribution in [1.29, 1.82) is 0 Å². The lowest BCUT2D eigenvalue weighted by Crippen LogP contribution is -2.31. The molecule has 2 aliphatic heterocycles. The Bertz CT molecular complexity index is 1260. The van der Waals surface area contributed by atoms with E-state index in [-0.39, 0.29) is 12.4 Å². The largest absolute Gasteiger partial charge is 0.444 e. The number of nitrogens with zero attached hydrogens (tertiary/aromatic N) is 4. The number of nitrogens with one attached hydrogen (secondary N) is 1. The van der Waals surface area contributed by atoms with Crippen LogP contribution in [0.1, 0.15) is 52.2 Å². The lowest BCUT2D eigenvalue weighted by Gasteiger charge is -2.24. The van der Waals surface area contributed by atoms with Crippen molar-refractivity contribution in [2.75, 3.05) is 11.9 Å². The van der Waals surface area contributed by atoms with Crippen LogP contribution in [-0.4, -0.2) is 67.0 Å². The molecule has 2 aromatic heterocycles. The van der Waals surface area contributed by atoms with Crippen LogP contribution in [0.5, 0.6) is 0 Å². The Morgan fingerprint density at radius 3 is 2.58 bits per heavy atom. The van der Waals surface area contributed by atoms with Crippen molar-refractivity contribution in [3.05, 3.63) is 48.0 Å². The van der Waals surface area contributed by atoms with Gasteiger partial charge in [-0.15, -0.1) is 0 Å². The van der Waals surface area contributed by atoms with E-state index in [1.807, 2.05) is 44.2 Å². The van der Waals surface area contributed by atoms with Gasteiger partial charge in [0.2, 0.25) is 0 Å². The van der Waals surface area contributed by atoms with Gasteiger partial charge in [0.05, 0.1) is 12.9 Å². The molecule has 36 heavy (non-hydrogen) atoms. The Labute approximate surface area is 208 Å². The fraction of sp³-hybridized carbons (Fsp3) is 0.520. The highest BCUT2D eigenvalue weighted by Crippen LogP contribution is 2.43. The molecule has 2 fully saturated rings. The molecule has 0 aliphatic carbocycles. The normalized spacial score (nSPS) is 25.2.